The molecule has 19 heavy (non-hydrogen) atoms. The summed E-state index contributed by atoms with van der Waals surface area (Å²) >= 11 is 3.39. The lowest BCUT2D eigenvalue weighted by Crippen LogP contribution is -2.31. The molecule has 0 N–H and O–H groups in total. The number of nitrogens with zero attached hydrogens (tertiary/aromatic N) is 1. The van der Waals surface area contributed by atoms with Gasteiger partial charge in [-0.1, -0.05) is 22.0 Å². The highest BCUT2D eigenvalue weighted by Gasteiger charge is 2.17. The SMILES string of the molecule is CN(CCC1CCCCO1)C(=O)c1cccc(Br)c1. The maximum Gasteiger partial charge on any atom is 0.253 e. The van der Waals surface area contributed by atoms with E-state index in [-0.39, 0.29) is 5.91 Å². The Morgan fingerprint density at radius 2 is 2.32 bits per heavy atom. The van der Waals surface area contributed by atoms with Gasteiger partial charge in [-0.2, -0.15) is 0 Å². The number of rotatable bonds is 4. The van der Waals surface area contributed by atoms with Crippen molar-refractivity contribution in [2.24, 2.45) is 0 Å². The molecule has 1 aromatic rings. The fourth-order valence-electron chi connectivity index (χ4n) is 2.32. The second kappa shape index (κ2) is 7.06. The molecule has 1 amide bonds. The van der Waals surface area contributed by atoms with Crippen molar-refractivity contribution in [1.29, 1.82) is 0 Å². The van der Waals surface area contributed by atoms with Gasteiger partial charge in [0.25, 0.3) is 5.91 Å². The lowest BCUT2D eigenvalue weighted by molar-refractivity contribution is 0.00709. The number of carbonyl (C=O) groups excluding carboxylic acids is 1. The Hall–Kier alpha value is -0.870. The maximum absolute atomic E-state index is 12.2. The highest BCUT2D eigenvalue weighted by atomic mass is 79.9. The third-order valence-corrected chi connectivity index (χ3v) is 3.97. The summed E-state index contributed by atoms with van der Waals surface area (Å²) in [5.41, 5.74) is 0.724. The van der Waals surface area contributed by atoms with Crippen LogP contribution in [0.4, 0.5) is 0 Å². The molecule has 1 heterocycles. The van der Waals surface area contributed by atoms with E-state index >= 15 is 0 Å². The van der Waals surface area contributed by atoms with Crippen LogP contribution in [-0.4, -0.2) is 37.1 Å². The number of hydrogen-bond donors (Lipinski definition) is 0. The first-order valence-electron chi connectivity index (χ1n) is 6.79. The first-order chi connectivity index (χ1) is 9.16. The molecule has 1 aromatic carbocycles. The Kier molecular flexibility index (Phi) is 5.40. The molecule has 3 nitrogen and oxygen atoms in total. The van der Waals surface area contributed by atoms with Crippen molar-refractivity contribution < 1.29 is 9.53 Å². The van der Waals surface area contributed by atoms with E-state index in [1.165, 1.54) is 12.8 Å². The Bertz CT molecular complexity index is 430. The monoisotopic (exact) mass is 325 g/mol. The molecule has 0 saturated carbocycles. The zero-order valence-electron chi connectivity index (χ0n) is 11.3. The molecule has 4 heteroatoms. The predicted molar refractivity (Wildman–Crippen MR) is 79.3 cm³/mol. The molecule has 1 fully saturated rings. The molecule has 0 bridgehead atoms. The van der Waals surface area contributed by atoms with E-state index in [9.17, 15) is 4.79 Å². The quantitative estimate of drug-likeness (QED) is 0.848. The number of halogens is 1. The Morgan fingerprint density at radius 3 is 3.00 bits per heavy atom. The van der Waals surface area contributed by atoms with Crippen LogP contribution in [0.3, 0.4) is 0 Å². The zero-order chi connectivity index (χ0) is 13.7. The maximum atomic E-state index is 12.2. The van der Waals surface area contributed by atoms with Crippen molar-refractivity contribution in [2.75, 3.05) is 20.2 Å². The Morgan fingerprint density at radius 1 is 1.47 bits per heavy atom. The molecule has 104 valence electrons. The van der Waals surface area contributed by atoms with Crippen LogP contribution in [0.15, 0.2) is 28.7 Å². The van der Waals surface area contributed by atoms with Crippen LogP contribution < -0.4 is 0 Å². The second-order valence-electron chi connectivity index (χ2n) is 5.01. The average molecular weight is 326 g/mol. The molecule has 0 aromatic heterocycles. The number of hydrogen-bond acceptors (Lipinski definition) is 2. The first kappa shape index (κ1) is 14.5. The van der Waals surface area contributed by atoms with Crippen LogP contribution >= 0.6 is 15.9 Å². The van der Waals surface area contributed by atoms with E-state index in [0.717, 1.165) is 36.0 Å². The normalized spacial score (nSPS) is 19.2. The van der Waals surface area contributed by atoms with Crippen LogP contribution in [0.25, 0.3) is 0 Å². The Labute approximate surface area is 123 Å². The van der Waals surface area contributed by atoms with Crippen LogP contribution in [0.5, 0.6) is 0 Å². The minimum atomic E-state index is 0.0668. The fraction of sp³-hybridized carbons (Fsp3) is 0.533. The molecular formula is C15H20BrNO2. The van der Waals surface area contributed by atoms with Gasteiger partial charge in [-0.25, -0.2) is 0 Å². The molecule has 0 spiro atoms. The second-order valence-corrected chi connectivity index (χ2v) is 5.93. The van der Waals surface area contributed by atoms with Crippen molar-refractivity contribution in [2.45, 2.75) is 31.8 Å². The highest BCUT2D eigenvalue weighted by molar-refractivity contribution is 9.10. The van der Waals surface area contributed by atoms with E-state index in [4.69, 9.17) is 4.74 Å². The van der Waals surface area contributed by atoms with E-state index in [2.05, 4.69) is 15.9 Å². The first-order valence-corrected chi connectivity index (χ1v) is 7.59. The van der Waals surface area contributed by atoms with Crippen molar-refractivity contribution in [3.8, 4) is 0 Å². The van der Waals surface area contributed by atoms with Gasteiger partial charge in [-0.05, 0) is 43.9 Å². The average Bonchev–Trinajstić information content (AvgIpc) is 2.45. The van der Waals surface area contributed by atoms with E-state index in [1.807, 2.05) is 31.3 Å². The Balaban J connectivity index is 1.85. The van der Waals surface area contributed by atoms with Crippen molar-refractivity contribution in [3.63, 3.8) is 0 Å². The summed E-state index contributed by atoms with van der Waals surface area (Å²) < 4.78 is 6.62. The summed E-state index contributed by atoms with van der Waals surface area (Å²) in [7, 11) is 1.85. The van der Waals surface area contributed by atoms with Gasteiger partial charge >= 0.3 is 0 Å². The third kappa shape index (κ3) is 4.32. The third-order valence-electron chi connectivity index (χ3n) is 3.48. The topological polar surface area (TPSA) is 29.5 Å². The number of amides is 1. The lowest BCUT2D eigenvalue weighted by atomic mass is 10.1. The van der Waals surface area contributed by atoms with Crippen LogP contribution in [-0.2, 0) is 4.74 Å². The molecule has 0 aliphatic carbocycles. The summed E-state index contributed by atoms with van der Waals surface area (Å²) in [6, 6.07) is 7.51. The number of carbonyl (C=O) groups is 1. The van der Waals surface area contributed by atoms with Crippen LogP contribution in [0, 0.1) is 0 Å². The summed E-state index contributed by atoms with van der Waals surface area (Å²) in [5, 5.41) is 0. The standard InChI is InChI=1S/C15H20BrNO2/c1-17(9-8-14-7-2-3-10-19-14)15(18)12-5-4-6-13(16)11-12/h4-6,11,14H,2-3,7-10H2,1H3. The lowest BCUT2D eigenvalue weighted by Gasteiger charge is -2.25. The van der Waals surface area contributed by atoms with Crippen molar-refractivity contribution >= 4 is 21.8 Å². The molecule has 1 saturated heterocycles. The fourth-order valence-corrected chi connectivity index (χ4v) is 2.72. The highest BCUT2D eigenvalue weighted by Crippen LogP contribution is 2.17. The van der Waals surface area contributed by atoms with Crippen LogP contribution in [0.2, 0.25) is 0 Å². The molecule has 1 aliphatic rings. The van der Waals surface area contributed by atoms with Gasteiger partial charge in [0.1, 0.15) is 0 Å². The minimum absolute atomic E-state index is 0.0668. The summed E-state index contributed by atoms with van der Waals surface area (Å²) in [4.78, 5) is 14.0. The van der Waals surface area contributed by atoms with Crippen molar-refractivity contribution in [1.82, 2.24) is 4.90 Å². The van der Waals surface area contributed by atoms with E-state index in [0.29, 0.717) is 6.10 Å². The number of ether oxygens (including phenoxy) is 1. The van der Waals surface area contributed by atoms with Gasteiger partial charge in [-0.15, -0.1) is 0 Å². The van der Waals surface area contributed by atoms with Gasteiger partial charge in [0.05, 0.1) is 6.10 Å². The van der Waals surface area contributed by atoms with Gasteiger partial charge in [0.2, 0.25) is 0 Å². The van der Waals surface area contributed by atoms with E-state index in [1.54, 1.807) is 4.90 Å². The summed E-state index contributed by atoms with van der Waals surface area (Å²) in [5.74, 6) is 0.0668. The predicted octanol–water partition coefficient (Wildman–Crippen LogP) is 3.48. The summed E-state index contributed by atoms with van der Waals surface area (Å²) in [6.07, 6.45) is 4.79. The summed E-state index contributed by atoms with van der Waals surface area (Å²) in [6.45, 7) is 1.62. The van der Waals surface area contributed by atoms with Crippen LogP contribution in [0.1, 0.15) is 36.0 Å². The van der Waals surface area contributed by atoms with Gasteiger partial charge in [-0.3, -0.25) is 4.79 Å². The smallest absolute Gasteiger partial charge is 0.253 e. The molecule has 1 unspecified atom stereocenters. The molecular weight excluding hydrogens is 306 g/mol. The van der Waals surface area contributed by atoms with Crippen molar-refractivity contribution in [3.05, 3.63) is 34.3 Å². The van der Waals surface area contributed by atoms with E-state index < -0.39 is 0 Å². The van der Waals surface area contributed by atoms with Gasteiger partial charge in [0, 0.05) is 30.2 Å². The minimum Gasteiger partial charge on any atom is -0.378 e. The molecule has 1 atom stereocenters. The van der Waals surface area contributed by atoms with Gasteiger partial charge < -0.3 is 9.64 Å². The number of benzene rings is 1. The molecule has 0 radical (unpaired) electrons. The molecule has 1 aliphatic heterocycles. The molecule has 2 rings (SSSR count). The van der Waals surface area contributed by atoms with Gasteiger partial charge in [0.15, 0.2) is 0 Å². The largest absolute Gasteiger partial charge is 0.378 e. The zero-order valence-corrected chi connectivity index (χ0v) is 12.9.